The first kappa shape index (κ1) is 19.4. The molecule has 0 fully saturated rings. The summed E-state index contributed by atoms with van der Waals surface area (Å²) in [6.45, 7) is 5.55. The van der Waals surface area contributed by atoms with Gasteiger partial charge >= 0.3 is 0 Å². The van der Waals surface area contributed by atoms with Crippen molar-refractivity contribution in [2.45, 2.75) is 38.1 Å². The van der Waals surface area contributed by atoms with E-state index in [0.29, 0.717) is 22.7 Å². The van der Waals surface area contributed by atoms with Crippen LogP contribution < -0.4 is 10.0 Å². The number of rotatable bonds is 6. The average Bonchev–Trinajstić information content (AvgIpc) is 2.57. The van der Waals surface area contributed by atoms with E-state index >= 15 is 0 Å². The van der Waals surface area contributed by atoms with Gasteiger partial charge in [0, 0.05) is 22.3 Å². The summed E-state index contributed by atoms with van der Waals surface area (Å²) in [6.07, 6.45) is 0.695. The molecule has 0 aliphatic rings. The van der Waals surface area contributed by atoms with Crippen molar-refractivity contribution in [1.82, 2.24) is 4.72 Å². The fourth-order valence-electron chi connectivity index (χ4n) is 2.16. The van der Waals surface area contributed by atoms with Crippen LogP contribution in [0.3, 0.4) is 0 Å². The normalized spacial score (nSPS) is 12.6. The first-order valence-corrected chi connectivity index (χ1v) is 9.79. The summed E-state index contributed by atoms with van der Waals surface area (Å²) < 4.78 is 27.0. The Bertz CT molecular complexity index is 864. The molecule has 0 saturated heterocycles. The van der Waals surface area contributed by atoms with Crippen molar-refractivity contribution in [3.63, 3.8) is 0 Å². The molecule has 0 heterocycles. The molecule has 0 aliphatic carbocycles. The third kappa shape index (κ3) is 5.04. The molecule has 0 aromatic heterocycles. The van der Waals surface area contributed by atoms with E-state index in [-0.39, 0.29) is 16.8 Å². The van der Waals surface area contributed by atoms with E-state index in [0.717, 1.165) is 5.56 Å². The van der Waals surface area contributed by atoms with Crippen LogP contribution in [0.25, 0.3) is 0 Å². The average molecular weight is 381 g/mol. The lowest BCUT2D eigenvalue weighted by Gasteiger charge is -2.12. The second-order valence-electron chi connectivity index (χ2n) is 5.87. The fourth-order valence-corrected chi connectivity index (χ4v) is 3.72. The van der Waals surface area contributed by atoms with Crippen LogP contribution in [0.1, 0.15) is 36.2 Å². The molecule has 1 amide bonds. The Morgan fingerprint density at radius 3 is 2.36 bits per heavy atom. The van der Waals surface area contributed by atoms with Gasteiger partial charge in [-0.3, -0.25) is 4.79 Å². The smallest absolute Gasteiger partial charge is 0.255 e. The molecule has 2 aromatic carbocycles. The number of anilines is 1. The molecule has 0 saturated carbocycles. The van der Waals surface area contributed by atoms with E-state index in [1.165, 1.54) is 24.3 Å². The van der Waals surface area contributed by atoms with Crippen LogP contribution in [0.15, 0.2) is 47.4 Å². The lowest BCUT2D eigenvalue weighted by molar-refractivity contribution is 0.102. The van der Waals surface area contributed by atoms with Gasteiger partial charge in [0.1, 0.15) is 0 Å². The fraction of sp³-hybridized carbons (Fsp3) is 0.278. The number of hydrogen-bond donors (Lipinski definition) is 2. The second kappa shape index (κ2) is 7.99. The molecule has 0 spiro atoms. The van der Waals surface area contributed by atoms with E-state index in [4.69, 9.17) is 11.6 Å². The molecular weight excluding hydrogens is 360 g/mol. The molecule has 0 bridgehead atoms. The number of carbonyl (C=O) groups excluding carboxylic acids is 1. The maximum atomic E-state index is 12.3. The minimum absolute atomic E-state index is 0.132. The number of amides is 1. The van der Waals surface area contributed by atoms with Crippen LogP contribution in [0.5, 0.6) is 0 Å². The van der Waals surface area contributed by atoms with E-state index in [2.05, 4.69) is 10.0 Å². The van der Waals surface area contributed by atoms with E-state index in [9.17, 15) is 13.2 Å². The van der Waals surface area contributed by atoms with Crippen molar-refractivity contribution in [2.24, 2.45) is 0 Å². The molecule has 134 valence electrons. The van der Waals surface area contributed by atoms with Gasteiger partial charge in [0.05, 0.1) is 4.90 Å². The van der Waals surface area contributed by atoms with Crippen LogP contribution >= 0.6 is 11.6 Å². The van der Waals surface area contributed by atoms with Crippen molar-refractivity contribution in [1.29, 1.82) is 0 Å². The lowest BCUT2D eigenvalue weighted by Crippen LogP contribution is -2.32. The Morgan fingerprint density at radius 2 is 1.80 bits per heavy atom. The molecule has 0 aliphatic heterocycles. The largest absolute Gasteiger partial charge is 0.322 e. The molecule has 1 unspecified atom stereocenters. The molecule has 5 nitrogen and oxygen atoms in total. The first-order valence-electron chi connectivity index (χ1n) is 7.93. The van der Waals surface area contributed by atoms with Gasteiger partial charge in [-0.2, -0.15) is 0 Å². The van der Waals surface area contributed by atoms with E-state index < -0.39 is 10.0 Å². The quantitative estimate of drug-likeness (QED) is 0.795. The highest BCUT2D eigenvalue weighted by atomic mass is 35.5. The Labute approximate surface area is 153 Å². The predicted molar refractivity (Wildman–Crippen MR) is 101 cm³/mol. The number of nitrogens with one attached hydrogen (secondary N) is 2. The van der Waals surface area contributed by atoms with Gasteiger partial charge in [-0.05, 0) is 68.3 Å². The van der Waals surface area contributed by atoms with Crippen molar-refractivity contribution in [2.75, 3.05) is 5.32 Å². The van der Waals surface area contributed by atoms with Gasteiger partial charge in [-0.25, -0.2) is 13.1 Å². The highest BCUT2D eigenvalue weighted by Crippen LogP contribution is 2.20. The number of aryl methyl sites for hydroxylation is 1. The zero-order valence-electron chi connectivity index (χ0n) is 14.3. The lowest BCUT2D eigenvalue weighted by atomic mass is 10.1. The van der Waals surface area contributed by atoms with Crippen LogP contribution in [0.2, 0.25) is 5.02 Å². The molecule has 1 atom stereocenters. The maximum absolute atomic E-state index is 12.3. The number of sulfonamides is 1. The third-order valence-corrected chi connectivity index (χ3v) is 5.67. The van der Waals surface area contributed by atoms with Crippen LogP contribution in [-0.2, 0) is 10.0 Å². The van der Waals surface area contributed by atoms with E-state index in [1.54, 1.807) is 25.1 Å². The molecular formula is C18H21ClN2O3S. The van der Waals surface area contributed by atoms with Gasteiger partial charge in [-0.15, -0.1) is 0 Å². The highest BCUT2D eigenvalue weighted by molar-refractivity contribution is 7.89. The first-order chi connectivity index (χ1) is 11.7. The summed E-state index contributed by atoms with van der Waals surface area (Å²) in [5, 5.41) is 3.39. The number of benzene rings is 2. The summed E-state index contributed by atoms with van der Waals surface area (Å²) in [7, 11) is -3.58. The second-order valence-corrected chi connectivity index (χ2v) is 8.02. The standard InChI is InChI=1S/C18H21ClN2O3S/c1-4-13(3)21-25(23,24)16-8-5-14(6-9-16)18(22)20-17-10-7-15(19)11-12(17)2/h5-11,13,21H,4H2,1-3H3,(H,20,22). The van der Waals surface area contributed by atoms with Crippen molar-refractivity contribution in [3.05, 3.63) is 58.6 Å². The highest BCUT2D eigenvalue weighted by Gasteiger charge is 2.17. The Morgan fingerprint density at radius 1 is 1.16 bits per heavy atom. The zero-order valence-corrected chi connectivity index (χ0v) is 15.9. The molecule has 2 N–H and O–H groups in total. The van der Waals surface area contributed by atoms with Crippen LogP contribution in [0.4, 0.5) is 5.69 Å². The maximum Gasteiger partial charge on any atom is 0.255 e. The molecule has 7 heteroatoms. The van der Waals surface area contributed by atoms with Crippen molar-refractivity contribution in [3.8, 4) is 0 Å². The summed E-state index contributed by atoms with van der Waals surface area (Å²) >= 11 is 5.90. The summed E-state index contributed by atoms with van der Waals surface area (Å²) in [5.74, 6) is -0.316. The molecule has 25 heavy (non-hydrogen) atoms. The molecule has 0 radical (unpaired) electrons. The Hall–Kier alpha value is -1.89. The number of carbonyl (C=O) groups is 1. The van der Waals surface area contributed by atoms with Crippen LogP contribution in [-0.4, -0.2) is 20.4 Å². The summed E-state index contributed by atoms with van der Waals surface area (Å²) in [5.41, 5.74) is 1.87. The minimum Gasteiger partial charge on any atom is -0.322 e. The van der Waals surface area contributed by atoms with Crippen molar-refractivity contribution >= 4 is 33.2 Å². The summed E-state index contributed by atoms with van der Waals surface area (Å²) in [4.78, 5) is 12.5. The van der Waals surface area contributed by atoms with Gasteiger partial charge in [0.2, 0.25) is 10.0 Å². The van der Waals surface area contributed by atoms with Crippen molar-refractivity contribution < 1.29 is 13.2 Å². The van der Waals surface area contributed by atoms with Gasteiger partial charge in [-0.1, -0.05) is 18.5 Å². The van der Waals surface area contributed by atoms with Gasteiger partial charge in [0.15, 0.2) is 0 Å². The Balaban J connectivity index is 2.15. The van der Waals surface area contributed by atoms with E-state index in [1.807, 2.05) is 13.8 Å². The monoisotopic (exact) mass is 380 g/mol. The van der Waals surface area contributed by atoms with Gasteiger partial charge in [0.25, 0.3) is 5.91 Å². The van der Waals surface area contributed by atoms with Gasteiger partial charge < -0.3 is 5.32 Å². The van der Waals surface area contributed by atoms with Crippen LogP contribution in [0, 0.1) is 6.92 Å². The third-order valence-electron chi connectivity index (χ3n) is 3.83. The SMILES string of the molecule is CCC(C)NS(=O)(=O)c1ccc(C(=O)Nc2ccc(Cl)cc2C)cc1. The molecule has 2 aromatic rings. The number of halogens is 1. The summed E-state index contributed by atoms with van der Waals surface area (Å²) in [6, 6.07) is 10.9. The predicted octanol–water partition coefficient (Wildman–Crippen LogP) is 3.98. The Kier molecular flexibility index (Phi) is 6.21. The minimum atomic E-state index is -3.58. The number of hydrogen-bond acceptors (Lipinski definition) is 3. The molecule has 2 rings (SSSR count). The zero-order chi connectivity index (χ0) is 18.6. The topological polar surface area (TPSA) is 75.3 Å².